The first-order valence-electron chi connectivity index (χ1n) is 10.0. The molecule has 0 aliphatic carbocycles. The highest BCUT2D eigenvalue weighted by atomic mass is 19.1. The topological polar surface area (TPSA) is 111 Å². The Morgan fingerprint density at radius 2 is 1.87 bits per heavy atom. The number of rotatable bonds is 2. The molecule has 9 heteroatoms. The predicted octanol–water partition coefficient (Wildman–Crippen LogP) is 2.18. The Bertz CT molecular complexity index is 1380. The summed E-state index contributed by atoms with van der Waals surface area (Å²) in [6.07, 6.45) is 0. The van der Waals surface area contributed by atoms with Gasteiger partial charge in [-0.15, -0.1) is 0 Å². The fourth-order valence-electron chi connectivity index (χ4n) is 3.97. The highest BCUT2D eigenvalue weighted by Crippen LogP contribution is 2.33. The van der Waals surface area contributed by atoms with Gasteiger partial charge in [-0.05, 0) is 31.3 Å². The number of carbonyl (C=O) groups is 1. The molecule has 0 spiro atoms. The first-order chi connectivity index (χ1) is 14.9. The van der Waals surface area contributed by atoms with Gasteiger partial charge < -0.3 is 25.5 Å². The number of anilines is 1. The second-order valence-electron chi connectivity index (χ2n) is 7.82. The van der Waals surface area contributed by atoms with Crippen LogP contribution in [0.1, 0.15) is 10.4 Å². The molecule has 1 fully saturated rings. The molecule has 0 bridgehead atoms. The molecule has 0 saturated carbocycles. The average Bonchev–Trinajstić information content (AvgIpc) is 3.10. The van der Waals surface area contributed by atoms with E-state index >= 15 is 0 Å². The summed E-state index contributed by atoms with van der Waals surface area (Å²) in [5.41, 5.74) is 7.87. The largest absolute Gasteiger partial charge is 0.396 e. The lowest BCUT2D eigenvalue weighted by Gasteiger charge is -2.32. The van der Waals surface area contributed by atoms with E-state index in [1.54, 1.807) is 29.2 Å². The molecule has 8 nitrogen and oxygen atoms in total. The number of nitrogen functional groups attached to an aromatic ring is 1. The number of piperazine rings is 1. The zero-order chi connectivity index (χ0) is 21.7. The summed E-state index contributed by atoms with van der Waals surface area (Å²) in [5.74, 6) is -0.845. The third-order valence-corrected chi connectivity index (χ3v) is 5.77. The second-order valence-corrected chi connectivity index (χ2v) is 7.82. The molecule has 1 aliphatic rings. The Balaban J connectivity index is 1.60. The van der Waals surface area contributed by atoms with Gasteiger partial charge in [-0.25, -0.2) is 9.37 Å². The minimum atomic E-state index is -0.606. The van der Waals surface area contributed by atoms with Crippen LogP contribution in [0.15, 0.2) is 41.2 Å². The number of hydrogen-bond acceptors (Lipinski definition) is 5. The quantitative estimate of drug-likeness (QED) is 0.460. The van der Waals surface area contributed by atoms with Crippen LogP contribution in [-0.2, 0) is 0 Å². The summed E-state index contributed by atoms with van der Waals surface area (Å²) in [7, 11) is 2.00. The van der Waals surface area contributed by atoms with Crippen LogP contribution in [0.4, 0.5) is 10.1 Å². The average molecular weight is 420 g/mol. The van der Waals surface area contributed by atoms with E-state index in [0.717, 1.165) is 13.1 Å². The zero-order valence-corrected chi connectivity index (χ0v) is 16.9. The van der Waals surface area contributed by atoms with E-state index in [4.69, 9.17) is 5.73 Å². The standard InChI is InChI=1S/C22H21FN6O2/c1-28-6-8-29(9-7-28)22(31)12-10-13-17(24)19(27-18(13)14(23)11-12)20-21(30)26-16-5-3-2-4-15(16)25-20/h2-5,10-11,27H,6-9,24H2,1H3,(H,26,30). The number of halogens is 1. The van der Waals surface area contributed by atoms with Crippen LogP contribution >= 0.6 is 0 Å². The van der Waals surface area contributed by atoms with Gasteiger partial charge in [-0.3, -0.25) is 9.59 Å². The normalized spacial score (nSPS) is 15.1. The Hall–Kier alpha value is -3.72. The Morgan fingerprint density at radius 3 is 2.65 bits per heavy atom. The van der Waals surface area contributed by atoms with Crippen LogP contribution < -0.4 is 11.3 Å². The molecule has 0 unspecified atom stereocenters. The minimum absolute atomic E-state index is 0.0683. The van der Waals surface area contributed by atoms with Crippen LogP contribution in [0.3, 0.4) is 0 Å². The van der Waals surface area contributed by atoms with Crippen molar-refractivity contribution >= 4 is 33.5 Å². The first-order valence-corrected chi connectivity index (χ1v) is 10.0. The molecule has 3 heterocycles. The maximum atomic E-state index is 14.9. The zero-order valence-electron chi connectivity index (χ0n) is 16.9. The van der Waals surface area contributed by atoms with Crippen LogP contribution in [0.5, 0.6) is 0 Å². The van der Waals surface area contributed by atoms with E-state index in [2.05, 4.69) is 19.9 Å². The van der Waals surface area contributed by atoms with Gasteiger partial charge in [0.05, 0.1) is 27.9 Å². The highest BCUT2D eigenvalue weighted by molar-refractivity contribution is 6.05. The molecule has 31 heavy (non-hydrogen) atoms. The number of amides is 1. The predicted molar refractivity (Wildman–Crippen MR) is 117 cm³/mol. The van der Waals surface area contributed by atoms with Crippen LogP contribution in [0, 0.1) is 5.82 Å². The van der Waals surface area contributed by atoms with Crippen molar-refractivity contribution in [1.82, 2.24) is 24.8 Å². The van der Waals surface area contributed by atoms with Gasteiger partial charge in [0, 0.05) is 37.1 Å². The van der Waals surface area contributed by atoms with Gasteiger partial charge in [0.25, 0.3) is 11.5 Å². The molecular weight excluding hydrogens is 399 g/mol. The highest BCUT2D eigenvalue weighted by Gasteiger charge is 2.24. The number of aromatic nitrogens is 3. The van der Waals surface area contributed by atoms with Crippen LogP contribution in [-0.4, -0.2) is 63.9 Å². The van der Waals surface area contributed by atoms with Gasteiger partial charge in [0.15, 0.2) is 5.69 Å². The lowest BCUT2D eigenvalue weighted by atomic mass is 10.1. The van der Waals surface area contributed by atoms with Crippen molar-refractivity contribution in [3.8, 4) is 11.4 Å². The summed E-state index contributed by atoms with van der Waals surface area (Å²) < 4.78 is 14.9. The third kappa shape index (κ3) is 3.23. The lowest BCUT2D eigenvalue weighted by molar-refractivity contribution is 0.0664. The molecule has 1 amide bonds. The van der Waals surface area contributed by atoms with Gasteiger partial charge in [-0.2, -0.15) is 0 Å². The fraction of sp³-hybridized carbons (Fsp3) is 0.227. The maximum absolute atomic E-state index is 14.9. The number of fused-ring (bicyclic) bond motifs is 2. The van der Waals surface area contributed by atoms with Gasteiger partial charge in [0.1, 0.15) is 5.82 Å². The molecule has 0 atom stereocenters. The summed E-state index contributed by atoms with van der Waals surface area (Å²) in [5, 5.41) is 0.349. The third-order valence-electron chi connectivity index (χ3n) is 5.77. The van der Waals surface area contributed by atoms with Crippen LogP contribution in [0.2, 0.25) is 0 Å². The number of H-pyrrole nitrogens is 2. The van der Waals surface area contributed by atoms with Crippen molar-refractivity contribution < 1.29 is 9.18 Å². The number of carbonyl (C=O) groups excluding carboxylic acids is 1. The number of likely N-dealkylation sites (N-methyl/N-ethyl adjacent to an activating group) is 1. The molecule has 5 rings (SSSR count). The lowest BCUT2D eigenvalue weighted by Crippen LogP contribution is -2.47. The molecule has 158 valence electrons. The van der Waals surface area contributed by atoms with Gasteiger partial charge in [0.2, 0.25) is 0 Å². The van der Waals surface area contributed by atoms with E-state index in [1.165, 1.54) is 6.07 Å². The molecule has 4 aromatic rings. The summed E-state index contributed by atoms with van der Waals surface area (Å²) in [6.45, 7) is 2.70. The van der Waals surface area contributed by atoms with E-state index in [1.807, 2.05) is 13.1 Å². The summed E-state index contributed by atoms with van der Waals surface area (Å²) >= 11 is 0. The molecule has 0 radical (unpaired) electrons. The van der Waals surface area contributed by atoms with Crippen LogP contribution in [0.25, 0.3) is 33.3 Å². The number of nitrogens with one attached hydrogen (secondary N) is 2. The van der Waals surface area contributed by atoms with E-state index in [9.17, 15) is 14.0 Å². The second kappa shape index (κ2) is 7.21. The van der Waals surface area contributed by atoms with Crippen molar-refractivity contribution in [1.29, 1.82) is 0 Å². The number of nitrogens with zero attached hydrogens (tertiary/aromatic N) is 3. The minimum Gasteiger partial charge on any atom is -0.396 e. The monoisotopic (exact) mass is 420 g/mol. The van der Waals surface area contributed by atoms with Gasteiger partial charge in [-0.1, -0.05) is 12.1 Å². The number of para-hydroxylation sites is 2. The molecule has 2 aromatic carbocycles. The molecule has 1 saturated heterocycles. The van der Waals surface area contributed by atoms with Crippen molar-refractivity contribution in [2.24, 2.45) is 0 Å². The first kappa shape index (κ1) is 19.3. The molecule has 1 aliphatic heterocycles. The number of benzene rings is 2. The van der Waals surface area contributed by atoms with E-state index < -0.39 is 11.4 Å². The molecule has 2 aromatic heterocycles. The van der Waals surface area contributed by atoms with Crippen molar-refractivity contribution in [2.45, 2.75) is 0 Å². The smallest absolute Gasteiger partial charge is 0.276 e. The SMILES string of the molecule is CN1CCN(C(=O)c2cc(F)c3[nH]c(-c4nc5ccccc5[nH]c4=O)c(N)c3c2)CC1. The Labute approximate surface area is 176 Å². The maximum Gasteiger partial charge on any atom is 0.276 e. The number of aromatic amines is 2. The Morgan fingerprint density at radius 1 is 1.13 bits per heavy atom. The van der Waals surface area contributed by atoms with Crippen molar-refractivity contribution in [3.05, 3.63) is 58.1 Å². The number of hydrogen-bond donors (Lipinski definition) is 3. The van der Waals surface area contributed by atoms with E-state index in [0.29, 0.717) is 29.5 Å². The fourth-order valence-corrected chi connectivity index (χ4v) is 3.97. The van der Waals surface area contributed by atoms with E-state index in [-0.39, 0.29) is 34.1 Å². The number of nitrogens with two attached hydrogens (primary N) is 1. The van der Waals surface area contributed by atoms with Gasteiger partial charge >= 0.3 is 0 Å². The summed E-state index contributed by atoms with van der Waals surface area (Å²) in [4.78, 5) is 39.4. The Kier molecular flexibility index (Phi) is 4.48. The summed E-state index contributed by atoms with van der Waals surface area (Å²) in [6, 6.07) is 9.90. The van der Waals surface area contributed by atoms with Crippen molar-refractivity contribution in [3.63, 3.8) is 0 Å². The molecular formula is C22H21FN6O2. The van der Waals surface area contributed by atoms with Crippen molar-refractivity contribution in [2.75, 3.05) is 39.0 Å². The molecule has 4 N–H and O–H groups in total.